The number of hydrogen-bond acceptors (Lipinski definition) is 6. The molecule has 2 N–H and O–H groups in total. The van der Waals surface area contributed by atoms with Gasteiger partial charge in [0.15, 0.2) is 0 Å². The molecule has 0 atom stereocenters. The van der Waals surface area contributed by atoms with E-state index in [1.54, 1.807) is 0 Å². The molecule has 0 aliphatic heterocycles. The van der Waals surface area contributed by atoms with E-state index in [9.17, 15) is 0 Å². The molecule has 22 heavy (non-hydrogen) atoms. The average molecular weight is 329 g/mol. The first-order valence-electron chi connectivity index (χ1n) is 6.91. The van der Waals surface area contributed by atoms with Gasteiger partial charge in [0.2, 0.25) is 5.05 Å². The van der Waals surface area contributed by atoms with Gasteiger partial charge in [-0.2, -0.15) is 0 Å². The van der Waals surface area contributed by atoms with Crippen LogP contribution in [0.5, 0.6) is 0 Å². The van der Waals surface area contributed by atoms with Gasteiger partial charge in [-0.25, -0.2) is 9.97 Å². The molecule has 2 aromatic heterocycles. The highest BCUT2D eigenvalue weighted by Crippen LogP contribution is 2.38. The van der Waals surface area contributed by atoms with Gasteiger partial charge < -0.3 is 10.5 Å². The summed E-state index contributed by atoms with van der Waals surface area (Å²) in [5.41, 5.74) is 8.76. The topological polar surface area (TPSA) is 61.0 Å². The van der Waals surface area contributed by atoms with Gasteiger partial charge in [0.05, 0.1) is 23.4 Å². The third-order valence-electron chi connectivity index (χ3n) is 3.21. The number of rotatable bonds is 3. The fourth-order valence-corrected chi connectivity index (χ4v) is 3.67. The summed E-state index contributed by atoms with van der Waals surface area (Å²) < 4.78 is 5.43. The minimum atomic E-state index is 0.416. The van der Waals surface area contributed by atoms with Crippen molar-refractivity contribution in [1.29, 1.82) is 0 Å². The highest BCUT2D eigenvalue weighted by Gasteiger charge is 2.20. The first-order valence-corrected chi connectivity index (χ1v) is 8.13. The van der Waals surface area contributed by atoms with Crippen LogP contribution in [0.3, 0.4) is 0 Å². The smallest absolute Gasteiger partial charge is 0.203 e. The minimum absolute atomic E-state index is 0.416. The van der Waals surface area contributed by atoms with Crippen LogP contribution in [0.4, 0.5) is 5.69 Å². The summed E-state index contributed by atoms with van der Waals surface area (Å²) in [5.74, 6) is 0.710. The highest BCUT2D eigenvalue weighted by atomic mass is 32.1. The summed E-state index contributed by atoms with van der Waals surface area (Å²) in [6.45, 7) is 4.29. The van der Waals surface area contributed by atoms with E-state index in [1.165, 1.54) is 11.3 Å². The molecule has 0 saturated carbocycles. The minimum Gasteiger partial charge on any atom is -0.483 e. The number of thiocarbonyl (C=S) groups is 1. The van der Waals surface area contributed by atoms with E-state index < -0.39 is 0 Å². The molecule has 6 heteroatoms. The number of benzene rings is 1. The van der Waals surface area contributed by atoms with Crippen LogP contribution in [0.2, 0.25) is 0 Å². The van der Waals surface area contributed by atoms with Crippen LogP contribution in [-0.2, 0) is 4.74 Å². The number of nitrogens with two attached hydrogens (primary N) is 1. The Labute approximate surface area is 138 Å². The summed E-state index contributed by atoms with van der Waals surface area (Å²) >= 11 is 6.75. The van der Waals surface area contributed by atoms with Gasteiger partial charge in [-0.1, -0.05) is 30.3 Å². The maximum absolute atomic E-state index is 6.32. The molecule has 112 valence electrons. The molecule has 4 nitrogen and oxygen atoms in total. The van der Waals surface area contributed by atoms with E-state index in [1.807, 2.05) is 44.2 Å². The molecule has 0 saturated heterocycles. The molecule has 0 bridgehead atoms. The number of hydrogen-bond donors (Lipinski definition) is 1. The highest BCUT2D eigenvalue weighted by molar-refractivity contribution is 7.81. The summed E-state index contributed by atoms with van der Waals surface area (Å²) in [6, 6.07) is 9.96. The van der Waals surface area contributed by atoms with Crippen molar-refractivity contribution in [2.24, 2.45) is 0 Å². The number of anilines is 1. The van der Waals surface area contributed by atoms with Gasteiger partial charge in [-0.05, 0) is 26.1 Å². The fourth-order valence-electron chi connectivity index (χ4n) is 2.28. The van der Waals surface area contributed by atoms with Crippen molar-refractivity contribution in [2.75, 3.05) is 12.3 Å². The van der Waals surface area contributed by atoms with Gasteiger partial charge >= 0.3 is 0 Å². The molecule has 0 aliphatic rings. The third-order valence-corrected chi connectivity index (χ3v) is 4.76. The Morgan fingerprint density at radius 2 is 2.00 bits per heavy atom. The second-order valence-corrected chi connectivity index (χ2v) is 6.10. The predicted molar refractivity (Wildman–Crippen MR) is 95.3 cm³/mol. The quantitative estimate of drug-likeness (QED) is 0.737. The van der Waals surface area contributed by atoms with E-state index in [4.69, 9.17) is 22.7 Å². The number of nitrogens with zero attached hydrogens (tertiary/aromatic N) is 2. The average Bonchev–Trinajstić information content (AvgIpc) is 2.84. The maximum Gasteiger partial charge on any atom is 0.203 e. The lowest BCUT2D eigenvalue weighted by molar-refractivity contribution is 0.338. The first kappa shape index (κ1) is 14.9. The Bertz CT molecular complexity index is 843. The van der Waals surface area contributed by atoms with Crippen LogP contribution in [0.1, 0.15) is 17.6 Å². The molecule has 0 fully saturated rings. The van der Waals surface area contributed by atoms with Crippen molar-refractivity contribution >= 4 is 44.5 Å². The van der Waals surface area contributed by atoms with Crippen molar-refractivity contribution in [2.45, 2.75) is 13.8 Å². The molecular weight excluding hydrogens is 314 g/mol. The fraction of sp³-hybridized carbons (Fsp3) is 0.188. The van der Waals surface area contributed by atoms with Crippen molar-refractivity contribution in [3.05, 3.63) is 41.0 Å². The number of nitrogen functional groups attached to an aromatic ring is 1. The predicted octanol–water partition coefficient (Wildman–Crippen LogP) is 3.96. The zero-order valence-corrected chi connectivity index (χ0v) is 13.9. The monoisotopic (exact) mass is 329 g/mol. The number of aromatic nitrogens is 2. The Morgan fingerprint density at radius 1 is 1.27 bits per heavy atom. The zero-order valence-electron chi connectivity index (χ0n) is 12.3. The lowest BCUT2D eigenvalue weighted by Gasteiger charge is -2.06. The summed E-state index contributed by atoms with van der Waals surface area (Å²) in [7, 11) is 0. The summed E-state index contributed by atoms with van der Waals surface area (Å²) in [4.78, 5) is 10.7. The molecule has 0 amide bonds. The van der Waals surface area contributed by atoms with Gasteiger partial charge in [0.25, 0.3) is 0 Å². The van der Waals surface area contributed by atoms with Gasteiger partial charge in [-0.15, -0.1) is 11.3 Å². The molecule has 0 radical (unpaired) electrons. The van der Waals surface area contributed by atoms with E-state index >= 15 is 0 Å². The molecule has 3 rings (SSSR count). The summed E-state index contributed by atoms with van der Waals surface area (Å²) in [5, 5.41) is 1.26. The van der Waals surface area contributed by atoms with Crippen LogP contribution in [-0.4, -0.2) is 21.6 Å². The normalized spacial score (nSPS) is 10.8. The Kier molecular flexibility index (Phi) is 4.04. The van der Waals surface area contributed by atoms with Gasteiger partial charge in [-0.3, -0.25) is 0 Å². The second-order valence-electron chi connectivity index (χ2n) is 4.73. The third kappa shape index (κ3) is 2.55. The molecule has 0 spiro atoms. The SMILES string of the molecule is CCOC(=S)c1sc2nc(C)nc(-c3ccccc3)c2c1N. The molecule has 0 unspecified atom stereocenters. The number of aryl methyl sites for hydroxylation is 1. The van der Waals surface area contributed by atoms with Crippen LogP contribution in [0, 0.1) is 6.92 Å². The molecular formula is C16H15N3OS2. The van der Waals surface area contributed by atoms with Gasteiger partial charge in [0.1, 0.15) is 15.5 Å². The van der Waals surface area contributed by atoms with Crippen molar-refractivity contribution in [3.63, 3.8) is 0 Å². The molecule has 1 aromatic carbocycles. The first-order chi connectivity index (χ1) is 10.6. The van der Waals surface area contributed by atoms with E-state index in [0.29, 0.717) is 23.2 Å². The van der Waals surface area contributed by atoms with Crippen LogP contribution >= 0.6 is 23.6 Å². The van der Waals surface area contributed by atoms with E-state index in [-0.39, 0.29) is 0 Å². The molecule has 2 heterocycles. The largest absolute Gasteiger partial charge is 0.483 e. The number of fused-ring (bicyclic) bond motifs is 1. The van der Waals surface area contributed by atoms with Crippen molar-refractivity contribution < 1.29 is 4.74 Å². The van der Waals surface area contributed by atoms with Gasteiger partial charge in [0, 0.05) is 5.56 Å². The van der Waals surface area contributed by atoms with E-state index in [0.717, 1.165) is 26.4 Å². The van der Waals surface area contributed by atoms with E-state index in [2.05, 4.69) is 9.97 Å². The van der Waals surface area contributed by atoms with Crippen LogP contribution in [0.15, 0.2) is 30.3 Å². The van der Waals surface area contributed by atoms with Crippen molar-refractivity contribution in [1.82, 2.24) is 9.97 Å². The maximum atomic E-state index is 6.32. The Hall–Kier alpha value is -2.05. The summed E-state index contributed by atoms with van der Waals surface area (Å²) in [6.07, 6.45) is 0. The Morgan fingerprint density at radius 3 is 2.68 bits per heavy atom. The standard InChI is InChI=1S/C16H15N3OS2/c1-3-20-16(21)14-12(17)11-13(10-7-5-4-6-8-10)18-9(2)19-15(11)22-14/h4-8H,3,17H2,1-2H3. The van der Waals surface area contributed by atoms with Crippen LogP contribution < -0.4 is 5.73 Å². The van der Waals surface area contributed by atoms with Crippen molar-refractivity contribution in [3.8, 4) is 11.3 Å². The zero-order chi connectivity index (χ0) is 15.7. The second kappa shape index (κ2) is 5.98. The number of thiophene rings is 1. The Balaban J connectivity index is 2.27. The van der Waals surface area contributed by atoms with Crippen LogP contribution in [0.25, 0.3) is 21.5 Å². The molecule has 0 aliphatic carbocycles. The lowest BCUT2D eigenvalue weighted by atomic mass is 10.1. The lowest BCUT2D eigenvalue weighted by Crippen LogP contribution is -2.03. The molecule has 3 aromatic rings. The number of ether oxygens (including phenoxy) is 1.